The molecule has 0 bridgehead atoms. The highest BCUT2D eigenvalue weighted by atomic mass is 16.1. The molecule has 0 saturated carbocycles. The molecule has 0 amide bonds. The maximum Gasteiger partial charge on any atom is 0.167 e. The van der Waals surface area contributed by atoms with E-state index in [2.05, 4.69) is 10.3 Å². The van der Waals surface area contributed by atoms with Gasteiger partial charge in [-0.2, -0.15) is 0 Å². The average Bonchev–Trinajstić information content (AvgIpc) is 2.54. The lowest BCUT2D eigenvalue weighted by molar-refractivity contribution is 0.0966. The molecule has 3 rings (SSSR count). The van der Waals surface area contributed by atoms with E-state index in [4.69, 9.17) is 0 Å². The number of ketones is 1. The molecule has 0 saturated heterocycles. The van der Waals surface area contributed by atoms with Gasteiger partial charge in [-0.25, -0.2) is 0 Å². The molecule has 23 heavy (non-hydrogen) atoms. The lowest BCUT2D eigenvalue weighted by Crippen LogP contribution is -2.33. The van der Waals surface area contributed by atoms with Crippen LogP contribution in [-0.2, 0) is 0 Å². The molecular formula is C20H20N2O. The van der Waals surface area contributed by atoms with Crippen LogP contribution in [0.15, 0.2) is 67.0 Å². The molecule has 1 heterocycles. The number of nitrogens with one attached hydrogen (secondary N) is 1. The van der Waals surface area contributed by atoms with Crippen molar-refractivity contribution in [2.75, 3.05) is 5.32 Å². The second-order valence-electron chi connectivity index (χ2n) is 6.38. The van der Waals surface area contributed by atoms with Crippen LogP contribution >= 0.6 is 0 Å². The van der Waals surface area contributed by atoms with Crippen LogP contribution in [0.5, 0.6) is 0 Å². The number of pyridine rings is 1. The number of hydrogen-bond donors (Lipinski definition) is 1. The van der Waals surface area contributed by atoms with Gasteiger partial charge in [0.2, 0.25) is 0 Å². The van der Waals surface area contributed by atoms with Crippen molar-refractivity contribution in [1.29, 1.82) is 0 Å². The number of anilines is 1. The number of carbonyl (C=O) groups is 1. The molecule has 0 atom stereocenters. The SMILES string of the molecule is CC(C)(CC(=O)c1cncc2ccccc12)Nc1ccccc1. The third-order valence-electron chi connectivity index (χ3n) is 3.83. The molecule has 3 heteroatoms. The van der Waals surface area contributed by atoms with E-state index >= 15 is 0 Å². The summed E-state index contributed by atoms with van der Waals surface area (Å²) in [6.45, 7) is 4.08. The van der Waals surface area contributed by atoms with Gasteiger partial charge in [-0.15, -0.1) is 0 Å². The van der Waals surface area contributed by atoms with Gasteiger partial charge in [-0.05, 0) is 31.4 Å². The Balaban J connectivity index is 1.82. The molecule has 3 nitrogen and oxygen atoms in total. The van der Waals surface area contributed by atoms with Gasteiger partial charge >= 0.3 is 0 Å². The van der Waals surface area contributed by atoms with E-state index in [-0.39, 0.29) is 11.3 Å². The predicted molar refractivity (Wildman–Crippen MR) is 94.8 cm³/mol. The highest BCUT2D eigenvalue weighted by Gasteiger charge is 2.23. The number of aromatic nitrogens is 1. The quantitative estimate of drug-likeness (QED) is 0.695. The number of nitrogens with zero attached hydrogens (tertiary/aromatic N) is 1. The monoisotopic (exact) mass is 304 g/mol. The minimum absolute atomic E-state index is 0.0998. The number of rotatable bonds is 5. The Hall–Kier alpha value is -2.68. The third kappa shape index (κ3) is 3.57. The summed E-state index contributed by atoms with van der Waals surface area (Å²) < 4.78 is 0. The molecule has 0 radical (unpaired) electrons. The fraction of sp³-hybridized carbons (Fsp3) is 0.200. The van der Waals surface area contributed by atoms with Crippen molar-refractivity contribution >= 4 is 22.2 Å². The van der Waals surface area contributed by atoms with E-state index in [1.807, 2.05) is 68.4 Å². The average molecular weight is 304 g/mol. The van der Waals surface area contributed by atoms with Gasteiger partial charge in [0.1, 0.15) is 0 Å². The molecule has 116 valence electrons. The Kier molecular flexibility index (Phi) is 4.11. The Morgan fingerprint density at radius 2 is 1.70 bits per heavy atom. The smallest absolute Gasteiger partial charge is 0.167 e. The zero-order valence-corrected chi connectivity index (χ0v) is 13.4. The summed E-state index contributed by atoms with van der Waals surface area (Å²) in [5, 5.41) is 5.38. The van der Waals surface area contributed by atoms with Gasteiger partial charge in [0.25, 0.3) is 0 Å². The number of carbonyl (C=O) groups excluding carboxylic acids is 1. The molecule has 0 aliphatic rings. The lowest BCUT2D eigenvalue weighted by atomic mass is 9.92. The first-order valence-corrected chi connectivity index (χ1v) is 7.74. The van der Waals surface area contributed by atoms with Crippen LogP contribution in [-0.4, -0.2) is 16.3 Å². The molecule has 2 aromatic carbocycles. The minimum Gasteiger partial charge on any atom is -0.380 e. The standard InChI is InChI=1S/C20H20N2O/c1-20(2,22-16-9-4-3-5-10-16)12-19(23)18-14-21-13-15-8-6-7-11-17(15)18/h3-11,13-14,22H,12H2,1-2H3. The van der Waals surface area contributed by atoms with Gasteiger partial charge in [0, 0.05) is 41.0 Å². The summed E-state index contributed by atoms with van der Waals surface area (Å²) in [7, 11) is 0. The van der Waals surface area contributed by atoms with E-state index in [0.29, 0.717) is 12.0 Å². The molecule has 1 aromatic heterocycles. The maximum atomic E-state index is 12.8. The lowest BCUT2D eigenvalue weighted by Gasteiger charge is -2.27. The van der Waals surface area contributed by atoms with Gasteiger partial charge in [-0.1, -0.05) is 42.5 Å². The normalized spacial score (nSPS) is 11.4. The zero-order chi connectivity index (χ0) is 16.3. The van der Waals surface area contributed by atoms with Crippen LogP contribution in [0.1, 0.15) is 30.6 Å². The van der Waals surface area contributed by atoms with E-state index in [9.17, 15) is 4.79 Å². The van der Waals surface area contributed by atoms with Crippen LogP contribution in [0, 0.1) is 0 Å². The van der Waals surface area contributed by atoms with Crippen molar-refractivity contribution in [1.82, 2.24) is 4.98 Å². The first-order valence-electron chi connectivity index (χ1n) is 7.74. The van der Waals surface area contributed by atoms with Crippen LogP contribution in [0.3, 0.4) is 0 Å². The third-order valence-corrected chi connectivity index (χ3v) is 3.83. The van der Waals surface area contributed by atoms with Crippen molar-refractivity contribution in [3.05, 3.63) is 72.6 Å². The van der Waals surface area contributed by atoms with Gasteiger partial charge in [0.15, 0.2) is 5.78 Å². The highest BCUT2D eigenvalue weighted by molar-refractivity contribution is 6.08. The summed E-state index contributed by atoms with van der Waals surface area (Å²) in [6.07, 6.45) is 3.86. The number of benzene rings is 2. The minimum atomic E-state index is -0.338. The number of hydrogen-bond acceptors (Lipinski definition) is 3. The molecule has 0 aliphatic heterocycles. The second-order valence-corrected chi connectivity index (χ2v) is 6.38. The van der Waals surface area contributed by atoms with Crippen LogP contribution in [0.25, 0.3) is 10.8 Å². The number of fused-ring (bicyclic) bond motifs is 1. The number of para-hydroxylation sites is 1. The topological polar surface area (TPSA) is 42.0 Å². The van der Waals surface area contributed by atoms with E-state index < -0.39 is 0 Å². The Labute approximate surface area is 136 Å². The first-order chi connectivity index (χ1) is 11.1. The second kappa shape index (κ2) is 6.21. The number of Topliss-reactive ketones (excluding diaryl/α,β-unsaturated/α-hetero) is 1. The largest absolute Gasteiger partial charge is 0.380 e. The molecule has 0 fully saturated rings. The van der Waals surface area contributed by atoms with Crippen molar-refractivity contribution in [2.24, 2.45) is 0 Å². The van der Waals surface area contributed by atoms with E-state index in [0.717, 1.165) is 16.5 Å². The van der Waals surface area contributed by atoms with Crippen molar-refractivity contribution in [3.63, 3.8) is 0 Å². The van der Waals surface area contributed by atoms with Crippen LogP contribution < -0.4 is 5.32 Å². The fourth-order valence-electron chi connectivity index (χ4n) is 2.79. The van der Waals surface area contributed by atoms with Gasteiger partial charge in [-0.3, -0.25) is 9.78 Å². The maximum absolute atomic E-state index is 12.8. The predicted octanol–water partition coefficient (Wildman–Crippen LogP) is 4.70. The molecule has 0 spiro atoms. The van der Waals surface area contributed by atoms with E-state index in [1.54, 1.807) is 12.4 Å². The summed E-state index contributed by atoms with van der Waals surface area (Å²) in [4.78, 5) is 17.0. The zero-order valence-electron chi connectivity index (χ0n) is 13.4. The van der Waals surface area contributed by atoms with Crippen LogP contribution in [0.2, 0.25) is 0 Å². The summed E-state index contributed by atoms with van der Waals surface area (Å²) in [6, 6.07) is 17.8. The van der Waals surface area contributed by atoms with Crippen molar-refractivity contribution < 1.29 is 4.79 Å². The van der Waals surface area contributed by atoms with Gasteiger partial charge in [0.05, 0.1) is 0 Å². The first kappa shape index (κ1) is 15.2. The Morgan fingerprint density at radius 3 is 2.48 bits per heavy atom. The van der Waals surface area contributed by atoms with E-state index in [1.165, 1.54) is 0 Å². The highest BCUT2D eigenvalue weighted by Crippen LogP contribution is 2.23. The molecule has 3 aromatic rings. The molecule has 0 unspecified atom stereocenters. The molecular weight excluding hydrogens is 284 g/mol. The Bertz CT molecular complexity index is 820. The molecule has 1 N–H and O–H groups in total. The van der Waals surface area contributed by atoms with Crippen molar-refractivity contribution in [3.8, 4) is 0 Å². The van der Waals surface area contributed by atoms with Gasteiger partial charge < -0.3 is 5.32 Å². The molecule has 0 aliphatic carbocycles. The summed E-state index contributed by atoms with van der Waals surface area (Å²) >= 11 is 0. The fourth-order valence-corrected chi connectivity index (χ4v) is 2.79. The van der Waals surface area contributed by atoms with Crippen molar-refractivity contribution in [2.45, 2.75) is 25.8 Å². The summed E-state index contributed by atoms with van der Waals surface area (Å²) in [5.41, 5.74) is 1.36. The summed E-state index contributed by atoms with van der Waals surface area (Å²) in [5.74, 6) is 0.0998. The van der Waals surface area contributed by atoms with Crippen LogP contribution in [0.4, 0.5) is 5.69 Å². The Morgan fingerprint density at radius 1 is 1.00 bits per heavy atom.